The fourth-order valence-corrected chi connectivity index (χ4v) is 3.88. The van der Waals surface area contributed by atoms with Gasteiger partial charge in [-0.3, -0.25) is 4.90 Å². The van der Waals surface area contributed by atoms with E-state index in [-0.39, 0.29) is 24.5 Å². The van der Waals surface area contributed by atoms with E-state index in [1.807, 2.05) is 20.8 Å². The maximum absolute atomic E-state index is 12.6. The second-order valence-corrected chi connectivity index (χ2v) is 15.1. The van der Waals surface area contributed by atoms with E-state index >= 15 is 0 Å². The summed E-state index contributed by atoms with van der Waals surface area (Å²) in [5.41, 5.74) is -0.314. The molecule has 1 fully saturated rings. The zero-order valence-electron chi connectivity index (χ0n) is 17.9. The van der Waals surface area contributed by atoms with Crippen molar-refractivity contribution in [2.24, 2.45) is 0 Å². The third kappa shape index (κ3) is 6.33. The van der Waals surface area contributed by atoms with Crippen LogP contribution in [0.15, 0.2) is 6.20 Å². The average molecular weight is 411 g/mol. The summed E-state index contributed by atoms with van der Waals surface area (Å²) in [5, 5.41) is 19.4. The van der Waals surface area contributed by atoms with Crippen LogP contribution in [0.4, 0.5) is 4.79 Å². The molecular formula is C18H34BN3O5Si. The molecule has 0 unspecified atom stereocenters. The average Bonchev–Trinajstić information content (AvgIpc) is 3.15. The third-order valence-corrected chi connectivity index (χ3v) is 6.28. The van der Waals surface area contributed by atoms with Gasteiger partial charge in [0, 0.05) is 27.4 Å². The molecule has 2 heterocycles. The van der Waals surface area contributed by atoms with Crippen molar-refractivity contribution >= 4 is 26.9 Å². The molecule has 2 N–H and O–H groups in total. The maximum atomic E-state index is 12.6. The summed E-state index contributed by atoms with van der Waals surface area (Å²) >= 11 is 0. The summed E-state index contributed by atoms with van der Waals surface area (Å²) in [5.74, 6) is 0.597. The maximum Gasteiger partial charge on any atom is 0.507 e. The Balaban J connectivity index is 2.18. The van der Waals surface area contributed by atoms with Crippen LogP contribution in [-0.4, -0.2) is 64.5 Å². The second kappa shape index (κ2) is 8.98. The van der Waals surface area contributed by atoms with Gasteiger partial charge in [-0.15, -0.1) is 0 Å². The van der Waals surface area contributed by atoms with Gasteiger partial charge in [0.15, 0.2) is 0 Å². The normalized spacial score (nSPS) is 17.9. The Morgan fingerprint density at radius 1 is 1.36 bits per heavy atom. The van der Waals surface area contributed by atoms with Gasteiger partial charge in [0.2, 0.25) is 0 Å². The van der Waals surface area contributed by atoms with Crippen molar-refractivity contribution in [3.8, 4) is 0 Å². The molecule has 28 heavy (non-hydrogen) atoms. The fraction of sp³-hybridized carbons (Fsp3) is 0.778. The highest BCUT2D eigenvalue weighted by atomic mass is 28.3. The molecule has 158 valence electrons. The van der Waals surface area contributed by atoms with Crippen molar-refractivity contribution < 1.29 is 24.3 Å². The number of hydrogen-bond donors (Lipinski definition) is 2. The summed E-state index contributed by atoms with van der Waals surface area (Å²) in [6.07, 6.45) is 2.64. The summed E-state index contributed by atoms with van der Waals surface area (Å²) in [7, 11) is -2.88. The molecular weight excluding hydrogens is 377 g/mol. The molecule has 1 aliphatic heterocycles. The highest BCUT2D eigenvalue weighted by Gasteiger charge is 2.37. The lowest BCUT2D eigenvalue weighted by Gasteiger charge is -2.29. The Kier molecular flexibility index (Phi) is 7.35. The van der Waals surface area contributed by atoms with Gasteiger partial charge in [-0.05, 0) is 39.7 Å². The van der Waals surface area contributed by atoms with E-state index < -0.39 is 20.8 Å². The van der Waals surface area contributed by atoms with Gasteiger partial charge in [0.25, 0.3) is 0 Å². The fourth-order valence-electron chi connectivity index (χ4n) is 3.12. The SMILES string of the molecule is CC(C)(C)OC(=O)N1CCC[C@H]1c1ncc(B(O)O)n1COCC[Si](C)(C)C. The zero-order valence-corrected chi connectivity index (χ0v) is 18.9. The van der Waals surface area contributed by atoms with Crippen molar-refractivity contribution in [2.45, 2.75) is 77.7 Å². The van der Waals surface area contributed by atoms with Crippen molar-refractivity contribution in [3.63, 3.8) is 0 Å². The van der Waals surface area contributed by atoms with E-state index in [1.165, 1.54) is 6.20 Å². The topological polar surface area (TPSA) is 97.0 Å². The Labute approximate surface area is 169 Å². The minimum atomic E-state index is -1.65. The van der Waals surface area contributed by atoms with E-state index in [9.17, 15) is 14.8 Å². The van der Waals surface area contributed by atoms with Crippen LogP contribution in [0.2, 0.25) is 25.7 Å². The molecule has 0 radical (unpaired) electrons. The third-order valence-electron chi connectivity index (χ3n) is 4.58. The number of carbonyl (C=O) groups excluding carboxylic acids is 1. The molecule has 2 rings (SSSR count). The molecule has 0 aromatic carbocycles. The molecule has 1 amide bonds. The van der Waals surface area contributed by atoms with Crippen LogP contribution in [0.25, 0.3) is 0 Å². The van der Waals surface area contributed by atoms with E-state index in [0.29, 0.717) is 19.0 Å². The van der Waals surface area contributed by atoms with Gasteiger partial charge in [0.1, 0.15) is 18.2 Å². The highest BCUT2D eigenvalue weighted by molar-refractivity contribution is 6.76. The van der Waals surface area contributed by atoms with Gasteiger partial charge in [-0.1, -0.05) is 19.6 Å². The van der Waals surface area contributed by atoms with Crippen molar-refractivity contribution in [3.05, 3.63) is 12.0 Å². The van der Waals surface area contributed by atoms with E-state index in [1.54, 1.807) is 9.47 Å². The molecule has 1 aliphatic rings. The predicted molar refractivity (Wildman–Crippen MR) is 111 cm³/mol. The molecule has 8 nitrogen and oxygen atoms in total. The van der Waals surface area contributed by atoms with Crippen LogP contribution >= 0.6 is 0 Å². The molecule has 1 saturated heterocycles. The lowest BCUT2D eigenvalue weighted by molar-refractivity contribution is 0.0205. The summed E-state index contributed by atoms with van der Waals surface area (Å²) in [6.45, 7) is 13.7. The zero-order chi connectivity index (χ0) is 21.1. The van der Waals surface area contributed by atoms with Gasteiger partial charge in [-0.25, -0.2) is 9.78 Å². The molecule has 1 aromatic heterocycles. The summed E-state index contributed by atoms with van der Waals surface area (Å²) in [4.78, 5) is 18.7. The summed E-state index contributed by atoms with van der Waals surface area (Å²) < 4.78 is 13.0. The lowest BCUT2D eigenvalue weighted by Crippen LogP contribution is -2.40. The standard InChI is InChI=1S/C18H34BN3O5Si/c1-18(2,3)27-17(23)21-9-7-8-14(21)16-20-12-15(19(24)25)22(16)13-26-10-11-28(4,5)6/h12,14,24-25H,7-11,13H2,1-6H3/t14-/m0/s1. The monoisotopic (exact) mass is 411 g/mol. The van der Waals surface area contributed by atoms with Gasteiger partial charge in [-0.2, -0.15) is 0 Å². The second-order valence-electron chi connectivity index (χ2n) is 9.52. The first kappa shape index (κ1) is 22.9. The van der Waals surface area contributed by atoms with Crippen LogP contribution in [0.1, 0.15) is 45.5 Å². The van der Waals surface area contributed by atoms with Crippen molar-refractivity contribution in [2.75, 3.05) is 13.2 Å². The van der Waals surface area contributed by atoms with Gasteiger partial charge >= 0.3 is 13.2 Å². The van der Waals surface area contributed by atoms with Gasteiger partial charge in [0.05, 0.1) is 11.6 Å². The Morgan fingerprint density at radius 3 is 2.61 bits per heavy atom. The number of hydrogen-bond acceptors (Lipinski definition) is 6. The molecule has 0 saturated carbocycles. The smallest absolute Gasteiger partial charge is 0.444 e. The van der Waals surface area contributed by atoms with E-state index in [0.717, 1.165) is 18.9 Å². The van der Waals surface area contributed by atoms with Crippen LogP contribution < -0.4 is 5.59 Å². The molecule has 10 heteroatoms. The van der Waals surface area contributed by atoms with Crippen molar-refractivity contribution in [1.29, 1.82) is 0 Å². The molecule has 0 spiro atoms. The quantitative estimate of drug-likeness (QED) is 0.526. The van der Waals surface area contributed by atoms with Crippen LogP contribution in [0, 0.1) is 0 Å². The molecule has 0 aliphatic carbocycles. The molecule has 0 bridgehead atoms. The lowest BCUT2D eigenvalue weighted by atomic mass is 9.87. The molecule has 1 atom stereocenters. The summed E-state index contributed by atoms with van der Waals surface area (Å²) in [6, 6.07) is 0.740. The number of aromatic nitrogens is 2. The highest BCUT2D eigenvalue weighted by Crippen LogP contribution is 2.32. The Bertz CT molecular complexity index is 669. The largest absolute Gasteiger partial charge is 0.507 e. The van der Waals surface area contributed by atoms with Crippen LogP contribution in [0.5, 0.6) is 0 Å². The molecule has 1 aromatic rings. The Morgan fingerprint density at radius 2 is 2.04 bits per heavy atom. The van der Waals surface area contributed by atoms with Crippen LogP contribution in [0.3, 0.4) is 0 Å². The van der Waals surface area contributed by atoms with E-state index in [2.05, 4.69) is 24.6 Å². The van der Waals surface area contributed by atoms with E-state index in [4.69, 9.17) is 9.47 Å². The first-order chi connectivity index (χ1) is 12.9. The minimum Gasteiger partial charge on any atom is -0.444 e. The number of carbonyl (C=O) groups is 1. The number of likely N-dealkylation sites (tertiary alicyclic amines) is 1. The number of nitrogens with zero attached hydrogens (tertiary/aromatic N) is 3. The minimum absolute atomic E-state index is 0.172. The van der Waals surface area contributed by atoms with Crippen molar-refractivity contribution in [1.82, 2.24) is 14.5 Å². The van der Waals surface area contributed by atoms with Crippen LogP contribution in [-0.2, 0) is 16.2 Å². The number of ether oxygens (including phenoxy) is 2. The Hall–Kier alpha value is -1.36. The number of rotatable bonds is 7. The number of imidazole rings is 1. The predicted octanol–water partition coefficient (Wildman–Crippen LogP) is 1.95. The van der Waals surface area contributed by atoms with Gasteiger partial charge < -0.3 is 24.1 Å². The first-order valence-electron chi connectivity index (χ1n) is 9.88. The first-order valence-corrected chi connectivity index (χ1v) is 13.6. The number of amides is 1.